The standard InChI is InChI=1S/C16H18N2O3/c1-10-8-11(15(21-3)12(17)9-10)16(19)18-13-6-4-5-7-14(13)20-2/h4-9H,17H2,1-3H3,(H,18,19). The fourth-order valence-corrected chi connectivity index (χ4v) is 2.14. The lowest BCUT2D eigenvalue weighted by atomic mass is 10.1. The van der Waals surface area contributed by atoms with Gasteiger partial charge < -0.3 is 20.5 Å². The summed E-state index contributed by atoms with van der Waals surface area (Å²) in [5.74, 6) is 0.658. The molecule has 5 nitrogen and oxygen atoms in total. The number of amides is 1. The van der Waals surface area contributed by atoms with E-state index in [2.05, 4.69) is 5.32 Å². The van der Waals surface area contributed by atoms with Gasteiger partial charge in [0.2, 0.25) is 0 Å². The fraction of sp³-hybridized carbons (Fsp3) is 0.188. The van der Waals surface area contributed by atoms with Gasteiger partial charge in [-0.2, -0.15) is 0 Å². The first-order chi connectivity index (χ1) is 10.1. The number of nitrogens with two attached hydrogens (primary N) is 1. The minimum atomic E-state index is -0.299. The van der Waals surface area contributed by atoms with Crippen LogP contribution in [0.2, 0.25) is 0 Å². The number of benzene rings is 2. The molecule has 0 spiro atoms. The summed E-state index contributed by atoms with van der Waals surface area (Å²) in [5.41, 5.74) is 8.19. The van der Waals surface area contributed by atoms with Gasteiger partial charge in [0.1, 0.15) is 5.75 Å². The molecule has 0 fully saturated rings. The quantitative estimate of drug-likeness (QED) is 0.848. The van der Waals surface area contributed by atoms with E-state index in [-0.39, 0.29) is 5.91 Å². The number of nitrogen functional groups attached to an aromatic ring is 1. The topological polar surface area (TPSA) is 73.6 Å². The minimum Gasteiger partial charge on any atom is -0.495 e. The molecule has 0 atom stereocenters. The van der Waals surface area contributed by atoms with Gasteiger partial charge in [-0.05, 0) is 36.8 Å². The van der Waals surface area contributed by atoms with Crippen molar-refractivity contribution in [1.29, 1.82) is 0 Å². The van der Waals surface area contributed by atoms with Crippen molar-refractivity contribution in [2.45, 2.75) is 6.92 Å². The Kier molecular flexibility index (Phi) is 4.33. The first-order valence-corrected chi connectivity index (χ1v) is 6.45. The molecule has 0 heterocycles. The van der Waals surface area contributed by atoms with Crippen LogP contribution in [-0.2, 0) is 0 Å². The largest absolute Gasteiger partial charge is 0.495 e. The summed E-state index contributed by atoms with van der Waals surface area (Å²) in [6.07, 6.45) is 0. The zero-order chi connectivity index (χ0) is 15.4. The van der Waals surface area contributed by atoms with Crippen LogP contribution < -0.4 is 20.5 Å². The van der Waals surface area contributed by atoms with E-state index < -0.39 is 0 Å². The molecule has 3 N–H and O–H groups in total. The van der Waals surface area contributed by atoms with Crippen molar-refractivity contribution in [2.75, 3.05) is 25.3 Å². The maximum Gasteiger partial charge on any atom is 0.259 e. The molecule has 1 amide bonds. The Morgan fingerprint density at radius 1 is 1.14 bits per heavy atom. The predicted octanol–water partition coefficient (Wildman–Crippen LogP) is 2.85. The molecule has 2 aromatic carbocycles. The molecule has 0 aliphatic rings. The van der Waals surface area contributed by atoms with Gasteiger partial charge in [0.25, 0.3) is 5.91 Å². The number of carbonyl (C=O) groups excluding carboxylic acids is 1. The minimum absolute atomic E-state index is 0.299. The van der Waals surface area contributed by atoms with Crippen LogP contribution in [0.4, 0.5) is 11.4 Å². The summed E-state index contributed by atoms with van der Waals surface area (Å²) in [4.78, 5) is 12.5. The first kappa shape index (κ1) is 14.7. The lowest BCUT2D eigenvalue weighted by Gasteiger charge is -2.14. The van der Waals surface area contributed by atoms with E-state index in [0.717, 1.165) is 5.56 Å². The normalized spacial score (nSPS) is 10.0. The number of methoxy groups -OCH3 is 2. The van der Waals surface area contributed by atoms with E-state index in [1.807, 2.05) is 19.1 Å². The molecule has 5 heteroatoms. The third-order valence-electron chi connectivity index (χ3n) is 3.07. The molecule has 0 aromatic heterocycles. The number of ether oxygens (including phenoxy) is 2. The molecule has 2 rings (SSSR count). The average Bonchev–Trinajstić information content (AvgIpc) is 2.47. The number of aryl methyl sites for hydroxylation is 1. The average molecular weight is 286 g/mol. The van der Waals surface area contributed by atoms with Crippen molar-refractivity contribution in [3.8, 4) is 11.5 Å². The van der Waals surface area contributed by atoms with E-state index in [1.54, 1.807) is 31.4 Å². The number of carbonyl (C=O) groups is 1. The predicted molar refractivity (Wildman–Crippen MR) is 83.1 cm³/mol. The Bertz CT molecular complexity index is 669. The van der Waals surface area contributed by atoms with Crippen molar-refractivity contribution in [2.24, 2.45) is 0 Å². The highest BCUT2D eigenvalue weighted by molar-refractivity contribution is 6.08. The van der Waals surface area contributed by atoms with Gasteiger partial charge in [-0.25, -0.2) is 0 Å². The lowest BCUT2D eigenvalue weighted by molar-refractivity contribution is 0.102. The summed E-state index contributed by atoms with van der Waals surface area (Å²) in [6, 6.07) is 10.7. The second kappa shape index (κ2) is 6.17. The third kappa shape index (κ3) is 3.08. The zero-order valence-electron chi connectivity index (χ0n) is 12.3. The zero-order valence-corrected chi connectivity index (χ0v) is 12.3. The van der Waals surface area contributed by atoms with Gasteiger partial charge in [0.05, 0.1) is 31.2 Å². The molecule has 2 aromatic rings. The first-order valence-electron chi connectivity index (χ1n) is 6.45. The van der Waals surface area contributed by atoms with Crippen molar-refractivity contribution in [3.63, 3.8) is 0 Å². The van der Waals surface area contributed by atoms with Crippen LogP contribution in [0.15, 0.2) is 36.4 Å². The van der Waals surface area contributed by atoms with Crippen molar-refractivity contribution in [3.05, 3.63) is 47.5 Å². The Morgan fingerprint density at radius 3 is 2.52 bits per heavy atom. The molecular weight excluding hydrogens is 268 g/mol. The SMILES string of the molecule is COc1ccccc1NC(=O)c1cc(C)cc(N)c1OC. The summed E-state index contributed by atoms with van der Waals surface area (Å²) in [5, 5.41) is 2.81. The van der Waals surface area contributed by atoms with Crippen LogP contribution >= 0.6 is 0 Å². The van der Waals surface area contributed by atoms with E-state index in [9.17, 15) is 4.79 Å². The lowest BCUT2D eigenvalue weighted by Crippen LogP contribution is -2.15. The monoisotopic (exact) mass is 286 g/mol. The highest BCUT2D eigenvalue weighted by atomic mass is 16.5. The number of anilines is 2. The van der Waals surface area contributed by atoms with Crippen LogP contribution in [0.3, 0.4) is 0 Å². The molecule has 0 saturated heterocycles. The Labute approximate surface area is 123 Å². The number of rotatable bonds is 4. The molecule has 110 valence electrons. The van der Waals surface area contributed by atoms with E-state index in [1.165, 1.54) is 7.11 Å². The van der Waals surface area contributed by atoms with Crippen LogP contribution in [0, 0.1) is 6.92 Å². The fourth-order valence-electron chi connectivity index (χ4n) is 2.14. The van der Waals surface area contributed by atoms with E-state index >= 15 is 0 Å². The van der Waals surface area contributed by atoms with Gasteiger partial charge in [0.15, 0.2) is 5.75 Å². The molecule has 0 saturated carbocycles. The highest BCUT2D eigenvalue weighted by Crippen LogP contribution is 2.30. The van der Waals surface area contributed by atoms with Crippen LogP contribution in [0.5, 0.6) is 11.5 Å². The van der Waals surface area contributed by atoms with Gasteiger partial charge in [-0.1, -0.05) is 12.1 Å². The summed E-state index contributed by atoms with van der Waals surface area (Å²) in [6.45, 7) is 1.87. The molecule has 0 aliphatic carbocycles. The number of hydrogen-bond acceptors (Lipinski definition) is 4. The van der Waals surface area contributed by atoms with E-state index in [0.29, 0.717) is 28.4 Å². The Balaban J connectivity index is 2.37. The Hall–Kier alpha value is -2.69. The smallest absolute Gasteiger partial charge is 0.259 e. The van der Waals surface area contributed by atoms with Crippen molar-refractivity contribution >= 4 is 17.3 Å². The highest BCUT2D eigenvalue weighted by Gasteiger charge is 2.17. The molecule has 0 radical (unpaired) electrons. The molecule has 0 unspecified atom stereocenters. The molecule has 0 bridgehead atoms. The van der Waals surface area contributed by atoms with Gasteiger partial charge in [-0.3, -0.25) is 4.79 Å². The van der Waals surface area contributed by atoms with Crippen LogP contribution in [-0.4, -0.2) is 20.1 Å². The second-order valence-corrected chi connectivity index (χ2v) is 4.59. The van der Waals surface area contributed by atoms with Gasteiger partial charge in [-0.15, -0.1) is 0 Å². The van der Waals surface area contributed by atoms with Crippen molar-refractivity contribution < 1.29 is 14.3 Å². The summed E-state index contributed by atoms with van der Waals surface area (Å²) < 4.78 is 10.4. The van der Waals surface area contributed by atoms with Gasteiger partial charge >= 0.3 is 0 Å². The van der Waals surface area contributed by atoms with Crippen LogP contribution in [0.1, 0.15) is 15.9 Å². The maximum absolute atomic E-state index is 12.5. The number of hydrogen-bond donors (Lipinski definition) is 2. The summed E-state index contributed by atoms with van der Waals surface area (Å²) >= 11 is 0. The second-order valence-electron chi connectivity index (χ2n) is 4.59. The number of para-hydroxylation sites is 2. The Morgan fingerprint density at radius 2 is 1.86 bits per heavy atom. The van der Waals surface area contributed by atoms with Crippen LogP contribution in [0.25, 0.3) is 0 Å². The maximum atomic E-state index is 12.5. The van der Waals surface area contributed by atoms with Crippen molar-refractivity contribution in [1.82, 2.24) is 0 Å². The van der Waals surface area contributed by atoms with E-state index in [4.69, 9.17) is 15.2 Å². The molecule has 0 aliphatic heterocycles. The summed E-state index contributed by atoms with van der Waals surface area (Å²) in [7, 11) is 3.04. The number of nitrogens with one attached hydrogen (secondary N) is 1. The molecular formula is C16H18N2O3. The molecule has 21 heavy (non-hydrogen) atoms. The van der Waals surface area contributed by atoms with Gasteiger partial charge in [0, 0.05) is 0 Å². The third-order valence-corrected chi connectivity index (χ3v) is 3.07.